The summed E-state index contributed by atoms with van der Waals surface area (Å²) in [5, 5.41) is 3.73. The van der Waals surface area contributed by atoms with Crippen LogP contribution < -0.4 is 5.32 Å². The lowest BCUT2D eigenvalue weighted by molar-refractivity contribution is 0.208. The molecule has 0 amide bonds. The van der Waals surface area contributed by atoms with Gasteiger partial charge in [-0.25, -0.2) is 0 Å². The lowest BCUT2D eigenvalue weighted by Crippen LogP contribution is -2.37. The van der Waals surface area contributed by atoms with E-state index in [4.69, 9.17) is 0 Å². The second kappa shape index (κ2) is 6.76. The van der Waals surface area contributed by atoms with Crippen LogP contribution in [0.3, 0.4) is 0 Å². The summed E-state index contributed by atoms with van der Waals surface area (Å²) < 4.78 is 1.17. The lowest BCUT2D eigenvalue weighted by atomic mass is 9.90. The number of likely N-dealkylation sites (tertiary alicyclic amines) is 1. The molecule has 0 aliphatic carbocycles. The maximum Gasteiger partial charge on any atom is 0.0375 e. The maximum absolute atomic E-state index is 3.73. The molecule has 3 heteroatoms. The van der Waals surface area contributed by atoms with E-state index >= 15 is 0 Å². The van der Waals surface area contributed by atoms with Gasteiger partial charge in [0, 0.05) is 16.2 Å². The van der Waals surface area contributed by atoms with Gasteiger partial charge in [0.2, 0.25) is 0 Å². The van der Waals surface area contributed by atoms with Crippen LogP contribution in [0.4, 0.5) is 5.69 Å². The van der Waals surface area contributed by atoms with E-state index in [9.17, 15) is 0 Å². The first kappa shape index (κ1) is 14.9. The molecule has 1 aliphatic heterocycles. The highest BCUT2D eigenvalue weighted by molar-refractivity contribution is 9.10. The Bertz CT molecular complexity index is 411. The van der Waals surface area contributed by atoms with Gasteiger partial charge in [-0.2, -0.15) is 0 Å². The van der Waals surface area contributed by atoms with E-state index in [2.05, 4.69) is 65.2 Å². The van der Waals surface area contributed by atoms with Crippen LogP contribution in [0.1, 0.15) is 32.3 Å². The van der Waals surface area contributed by atoms with Crippen LogP contribution in [0.2, 0.25) is 0 Å². The second-order valence-corrected chi connectivity index (χ2v) is 6.64. The molecule has 19 heavy (non-hydrogen) atoms. The van der Waals surface area contributed by atoms with E-state index in [1.165, 1.54) is 41.7 Å². The Morgan fingerprint density at radius 2 is 2.05 bits per heavy atom. The van der Waals surface area contributed by atoms with Crippen LogP contribution in [0.25, 0.3) is 0 Å². The molecular weight excluding hydrogens is 300 g/mol. The van der Waals surface area contributed by atoms with E-state index in [0.717, 1.165) is 12.3 Å². The summed E-state index contributed by atoms with van der Waals surface area (Å²) in [4.78, 5) is 2.43. The normalized spacial score (nSPS) is 19.4. The standard InChI is InChI=1S/C16H25BrN2/c1-4-13-11-15(17)5-6-16(13)18-12(2)14-7-9-19(3)10-8-14/h5-6,11-12,14,18H,4,7-10H2,1-3H3. The minimum absolute atomic E-state index is 0.556. The Hall–Kier alpha value is -0.540. The van der Waals surface area contributed by atoms with E-state index in [1.54, 1.807) is 0 Å². The van der Waals surface area contributed by atoms with Gasteiger partial charge in [0.1, 0.15) is 0 Å². The molecule has 0 radical (unpaired) electrons. The fourth-order valence-electron chi connectivity index (χ4n) is 2.89. The Morgan fingerprint density at radius 3 is 2.68 bits per heavy atom. The van der Waals surface area contributed by atoms with Crippen molar-refractivity contribution >= 4 is 21.6 Å². The molecule has 1 atom stereocenters. The van der Waals surface area contributed by atoms with Crippen LogP contribution in [0, 0.1) is 5.92 Å². The summed E-state index contributed by atoms with van der Waals surface area (Å²) in [5.74, 6) is 0.796. The molecule has 1 aromatic carbocycles. The minimum Gasteiger partial charge on any atom is -0.382 e. The number of anilines is 1. The van der Waals surface area contributed by atoms with Crippen molar-refractivity contribution in [2.24, 2.45) is 5.92 Å². The number of benzene rings is 1. The van der Waals surface area contributed by atoms with Gasteiger partial charge in [0.15, 0.2) is 0 Å². The van der Waals surface area contributed by atoms with Crippen molar-refractivity contribution in [2.45, 2.75) is 39.2 Å². The zero-order valence-corrected chi connectivity index (χ0v) is 13.8. The summed E-state index contributed by atoms with van der Waals surface area (Å²) in [6, 6.07) is 7.11. The minimum atomic E-state index is 0.556. The Labute approximate surface area is 125 Å². The molecule has 2 nitrogen and oxygen atoms in total. The van der Waals surface area contributed by atoms with Gasteiger partial charge < -0.3 is 10.2 Å². The molecule has 0 bridgehead atoms. The van der Waals surface area contributed by atoms with E-state index in [1.807, 2.05) is 0 Å². The van der Waals surface area contributed by atoms with Crippen molar-refractivity contribution in [3.63, 3.8) is 0 Å². The van der Waals surface area contributed by atoms with Gasteiger partial charge in [0.05, 0.1) is 0 Å². The van der Waals surface area contributed by atoms with Crippen molar-refractivity contribution in [3.05, 3.63) is 28.2 Å². The van der Waals surface area contributed by atoms with Crippen molar-refractivity contribution in [1.82, 2.24) is 4.90 Å². The van der Waals surface area contributed by atoms with Crippen molar-refractivity contribution in [3.8, 4) is 0 Å². The zero-order chi connectivity index (χ0) is 13.8. The highest BCUT2D eigenvalue weighted by Crippen LogP contribution is 2.26. The van der Waals surface area contributed by atoms with Gasteiger partial charge in [-0.3, -0.25) is 0 Å². The second-order valence-electron chi connectivity index (χ2n) is 5.73. The van der Waals surface area contributed by atoms with Crippen molar-refractivity contribution in [1.29, 1.82) is 0 Å². The third-order valence-corrected chi connectivity index (χ3v) is 4.79. The number of piperidine rings is 1. The van der Waals surface area contributed by atoms with Crippen molar-refractivity contribution < 1.29 is 0 Å². The molecule has 1 fully saturated rings. The highest BCUT2D eigenvalue weighted by atomic mass is 79.9. The van der Waals surface area contributed by atoms with Gasteiger partial charge in [-0.1, -0.05) is 22.9 Å². The first-order valence-corrected chi connectivity index (χ1v) is 8.13. The summed E-state index contributed by atoms with van der Waals surface area (Å²) in [6.45, 7) is 7.01. The molecule has 1 unspecified atom stereocenters. The predicted octanol–water partition coefficient (Wildman–Crippen LogP) is 4.15. The number of nitrogens with zero attached hydrogens (tertiary/aromatic N) is 1. The quantitative estimate of drug-likeness (QED) is 0.894. The molecule has 2 rings (SSSR count). The van der Waals surface area contributed by atoms with E-state index in [-0.39, 0.29) is 0 Å². The Balaban J connectivity index is 2.00. The Kier molecular flexibility index (Phi) is 5.28. The monoisotopic (exact) mass is 324 g/mol. The highest BCUT2D eigenvalue weighted by Gasteiger charge is 2.22. The number of nitrogens with one attached hydrogen (secondary N) is 1. The van der Waals surface area contributed by atoms with Crippen LogP contribution >= 0.6 is 15.9 Å². The average Bonchev–Trinajstić information content (AvgIpc) is 2.41. The summed E-state index contributed by atoms with van der Waals surface area (Å²) >= 11 is 3.55. The van der Waals surface area contributed by atoms with Crippen LogP contribution in [-0.2, 0) is 6.42 Å². The fourth-order valence-corrected chi connectivity index (χ4v) is 3.30. The van der Waals surface area contributed by atoms with E-state index in [0.29, 0.717) is 6.04 Å². The number of aryl methyl sites for hydroxylation is 1. The lowest BCUT2D eigenvalue weighted by Gasteiger charge is -2.33. The molecule has 0 aromatic heterocycles. The molecule has 1 saturated heterocycles. The van der Waals surface area contributed by atoms with Gasteiger partial charge in [0.25, 0.3) is 0 Å². The van der Waals surface area contributed by atoms with Crippen LogP contribution in [0.15, 0.2) is 22.7 Å². The fraction of sp³-hybridized carbons (Fsp3) is 0.625. The number of rotatable bonds is 4. The summed E-state index contributed by atoms with van der Waals surface area (Å²) in [6.07, 6.45) is 3.69. The van der Waals surface area contributed by atoms with E-state index < -0.39 is 0 Å². The third kappa shape index (κ3) is 3.96. The first-order chi connectivity index (χ1) is 9.10. The molecule has 1 heterocycles. The molecular formula is C16H25BrN2. The number of halogens is 1. The number of hydrogen-bond donors (Lipinski definition) is 1. The van der Waals surface area contributed by atoms with Gasteiger partial charge >= 0.3 is 0 Å². The molecule has 0 saturated carbocycles. The first-order valence-electron chi connectivity index (χ1n) is 7.33. The SMILES string of the molecule is CCc1cc(Br)ccc1NC(C)C1CCN(C)CC1. The molecule has 0 spiro atoms. The summed E-state index contributed by atoms with van der Waals surface area (Å²) in [5.41, 5.74) is 2.70. The van der Waals surface area contributed by atoms with Crippen LogP contribution in [-0.4, -0.2) is 31.1 Å². The molecule has 1 aromatic rings. The zero-order valence-electron chi connectivity index (χ0n) is 12.2. The average molecular weight is 325 g/mol. The smallest absolute Gasteiger partial charge is 0.0375 e. The largest absolute Gasteiger partial charge is 0.382 e. The summed E-state index contributed by atoms with van der Waals surface area (Å²) in [7, 11) is 2.22. The molecule has 1 N–H and O–H groups in total. The van der Waals surface area contributed by atoms with Crippen molar-refractivity contribution in [2.75, 3.05) is 25.5 Å². The number of hydrogen-bond acceptors (Lipinski definition) is 2. The third-order valence-electron chi connectivity index (χ3n) is 4.30. The molecule has 106 valence electrons. The predicted molar refractivity (Wildman–Crippen MR) is 86.8 cm³/mol. The van der Waals surface area contributed by atoms with Gasteiger partial charge in [-0.15, -0.1) is 0 Å². The molecule has 1 aliphatic rings. The van der Waals surface area contributed by atoms with Crippen LogP contribution in [0.5, 0.6) is 0 Å². The van der Waals surface area contributed by atoms with Gasteiger partial charge in [-0.05, 0) is 76.0 Å². The Morgan fingerprint density at radius 1 is 1.37 bits per heavy atom. The topological polar surface area (TPSA) is 15.3 Å². The maximum atomic E-state index is 3.73.